The molecule has 36 valence electrons. The molecule has 0 aromatic heterocycles. The predicted molar refractivity (Wildman–Crippen MR) is 24.9 cm³/mol. The summed E-state index contributed by atoms with van der Waals surface area (Å²) in [4.78, 5) is 0. The lowest BCUT2D eigenvalue weighted by Gasteiger charge is -2.25. The van der Waals surface area contributed by atoms with E-state index in [-0.39, 0.29) is 11.5 Å². The SMILES string of the molecule is OC1CCC1Cl. The van der Waals surface area contributed by atoms with E-state index >= 15 is 0 Å². The van der Waals surface area contributed by atoms with Gasteiger partial charge in [0.25, 0.3) is 0 Å². The predicted octanol–water partition coefficient (Wildman–Crippen LogP) is 0.748. The van der Waals surface area contributed by atoms with Crippen molar-refractivity contribution >= 4 is 11.6 Å². The molecule has 1 saturated carbocycles. The molecule has 0 saturated heterocycles. The fourth-order valence-electron chi connectivity index (χ4n) is 0.442. The molecule has 2 heteroatoms. The zero-order chi connectivity index (χ0) is 4.57. The van der Waals surface area contributed by atoms with Crippen LogP contribution in [0.3, 0.4) is 0 Å². The van der Waals surface area contributed by atoms with E-state index < -0.39 is 0 Å². The third-order valence-corrected chi connectivity index (χ3v) is 1.66. The summed E-state index contributed by atoms with van der Waals surface area (Å²) < 4.78 is 0. The first-order chi connectivity index (χ1) is 2.80. The minimum atomic E-state index is -0.202. The van der Waals surface area contributed by atoms with Crippen molar-refractivity contribution in [3.05, 3.63) is 0 Å². The van der Waals surface area contributed by atoms with Crippen LogP contribution in [0.5, 0.6) is 0 Å². The van der Waals surface area contributed by atoms with E-state index in [0.717, 1.165) is 12.8 Å². The summed E-state index contributed by atoms with van der Waals surface area (Å²) in [6.07, 6.45) is 1.68. The van der Waals surface area contributed by atoms with Crippen LogP contribution >= 0.6 is 11.6 Å². The van der Waals surface area contributed by atoms with Gasteiger partial charge in [-0.2, -0.15) is 0 Å². The highest BCUT2D eigenvalue weighted by atomic mass is 35.5. The molecule has 1 nitrogen and oxygen atoms in total. The zero-order valence-electron chi connectivity index (χ0n) is 3.39. The minimum absolute atomic E-state index is 0.0602. The average molecular weight is 107 g/mol. The Morgan fingerprint density at radius 3 is 2.00 bits per heavy atom. The smallest absolute Gasteiger partial charge is 0.0704 e. The molecule has 0 aromatic carbocycles. The highest BCUT2D eigenvalue weighted by Crippen LogP contribution is 2.24. The number of hydrogen-bond acceptors (Lipinski definition) is 1. The topological polar surface area (TPSA) is 20.2 Å². The van der Waals surface area contributed by atoms with Crippen molar-refractivity contribution in [2.45, 2.75) is 24.3 Å². The maximum Gasteiger partial charge on any atom is 0.0704 e. The van der Waals surface area contributed by atoms with Crippen molar-refractivity contribution in [2.24, 2.45) is 0 Å². The van der Waals surface area contributed by atoms with E-state index in [4.69, 9.17) is 16.7 Å². The zero-order valence-corrected chi connectivity index (χ0v) is 4.15. The molecule has 6 heavy (non-hydrogen) atoms. The van der Waals surface area contributed by atoms with Crippen molar-refractivity contribution < 1.29 is 5.11 Å². The number of aliphatic hydroxyl groups excluding tert-OH is 1. The summed E-state index contributed by atoms with van der Waals surface area (Å²) in [5.74, 6) is 0. The van der Waals surface area contributed by atoms with E-state index in [1.54, 1.807) is 0 Å². The molecule has 0 radical (unpaired) electrons. The van der Waals surface area contributed by atoms with Gasteiger partial charge in [0, 0.05) is 0 Å². The van der Waals surface area contributed by atoms with Gasteiger partial charge in [-0.05, 0) is 12.8 Å². The molecule has 0 aromatic rings. The minimum Gasteiger partial charge on any atom is -0.392 e. The second kappa shape index (κ2) is 1.39. The molecule has 2 unspecified atom stereocenters. The molecular formula is C4H7ClO. The van der Waals surface area contributed by atoms with Crippen LogP contribution < -0.4 is 0 Å². The maximum absolute atomic E-state index is 8.58. The summed E-state index contributed by atoms with van der Waals surface area (Å²) in [5.41, 5.74) is 0. The average Bonchev–Trinajstić information content (AvgIpc) is 1.61. The first-order valence-corrected chi connectivity index (χ1v) is 2.56. The molecule has 1 aliphatic rings. The maximum atomic E-state index is 8.58. The standard InChI is InChI=1S/C4H7ClO/c5-3-1-2-4(3)6/h3-4,6H,1-2H2. The van der Waals surface area contributed by atoms with Crippen LogP contribution in [-0.2, 0) is 0 Å². The van der Waals surface area contributed by atoms with Crippen LogP contribution in [0.25, 0.3) is 0 Å². The Morgan fingerprint density at radius 2 is 2.00 bits per heavy atom. The third-order valence-electron chi connectivity index (χ3n) is 1.16. The molecule has 0 heterocycles. The Hall–Kier alpha value is 0.250. The summed E-state index contributed by atoms with van der Waals surface area (Å²) in [6.45, 7) is 0. The Balaban J connectivity index is 2.20. The second-order valence-electron chi connectivity index (χ2n) is 1.66. The Kier molecular flexibility index (Phi) is 1.02. The Bertz CT molecular complexity index is 47.5. The van der Waals surface area contributed by atoms with E-state index in [1.807, 2.05) is 0 Å². The molecular weight excluding hydrogens is 99.5 g/mol. The largest absolute Gasteiger partial charge is 0.392 e. The molecule has 0 bridgehead atoms. The monoisotopic (exact) mass is 106 g/mol. The van der Waals surface area contributed by atoms with Crippen LogP contribution in [0.1, 0.15) is 12.8 Å². The highest BCUT2D eigenvalue weighted by molar-refractivity contribution is 6.21. The summed E-state index contributed by atoms with van der Waals surface area (Å²) in [5, 5.41) is 8.64. The van der Waals surface area contributed by atoms with Gasteiger partial charge in [-0.25, -0.2) is 0 Å². The second-order valence-corrected chi connectivity index (χ2v) is 2.22. The number of hydrogen-bond donors (Lipinski definition) is 1. The summed E-state index contributed by atoms with van der Waals surface area (Å²) in [7, 11) is 0. The normalized spacial score (nSPS) is 45.0. The molecule has 2 atom stereocenters. The Labute approximate surface area is 41.9 Å². The highest BCUT2D eigenvalue weighted by Gasteiger charge is 2.25. The van der Waals surface area contributed by atoms with E-state index in [2.05, 4.69) is 0 Å². The number of halogens is 1. The van der Waals surface area contributed by atoms with Crippen molar-refractivity contribution in [2.75, 3.05) is 0 Å². The van der Waals surface area contributed by atoms with Gasteiger partial charge in [0.05, 0.1) is 11.5 Å². The lowest BCUT2D eigenvalue weighted by molar-refractivity contribution is 0.100. The van der Waals surface area contributed by atoms with Gasteiger partial charge in [-0.15, -0.1) is 11.6 Å². The van der Waals surface area contributed by atoms with Gasteiger partial charge in [0.1, 0.15) is 0 Å². The Morgan fingerprint density at radius 1 is 1.50 bits per heavy atom. The molecule has 1 fully saturated rings. The third kappa shape index (κ3) is 0.525. The molecule has 0 aliphatic heterocycles. The van der Waals surface area contributed by atoms with Crippen LogP contribution in [0, 0.1) is 0 Å². The van der Waals surface area contributed by atoms with Gasteiger partial charge in [-0.1, -0.05) is 0 Å². The van der Waals surface area contributed by atoms with Crippen molar-refractivity contribution in [1.29, 1.82) is 0 Å². The molecule has 0 spiro atoms. The van der Waals surface area contributed by atoms with Gasteiger partial charge in [0.2, 0.25) is 0 Å². The van der Waals surface area contributed by atoms with Crippen LogP contribution in [-0.4, -0.2) is 16.6 Å². The van der Waals surface area contributed by atoms with E-state index in [9.17, 15) is 0 Å². The quantitative estimate of drug-likeness (QED) is 0.452. The molecule has 1 N–H and O–H groups in total. The fraction of sp³-hybridized carbons (Fsp3) is 1.00. The van der Waals surface area contributed by atoms with Gasteiger partial charge in [-0.3, -0.25) is 0 Å². The fourth-order valence-corrected chi connectivity index (χ4v) is 0.694. The van der Waals surface area contributed by atoms with Crippen LogP contribution in [0.15, 0.2) is 0 Å². The van der Waals surface area contributed by atoms with Crippen molar-refractivity contribution in [3.63, 3.8) is 0 Å². The lowest BCUT2D eigenvalue weighted by Crippen LogP contribution is -2.31. The number of rotatable bonds is 0. The van der Waals surface area contributed by atoms with Crippen molar-refractivity contribution in [1.82, 2.24) is 0 Å². The first-order valence-electron chi connectivity index (χ1n) is 2.13. The summed E-state index contributed by atoms with van der Waals surface area (Å²) in [6, 6.07) is 0. The number of aliphatic hydroxyl groups is 1. The molecule has 1 aliphatic carbocycles. The number of alkyl halides is 1. The van der Waals surface area contributed by atoms with Crippen LogP contribution in [0.2, 0.25) is 0 Å². The van der Waals surface area contributed by atoms with Crippen molar-refractivity contribution in [3.8, 4) is 0 Å². The van der Waals surface area contributed by atoms with Crippen LogP contribution in [0.4, 0.5) is 0 Å². The van der Waals surface area contributed by atoms with Gasteiger partial charge < -0.3 is 5.11 Å². The van der Waals surface area contributed by atoms with E-state index in [0.29, 0.717) is 0 Å². The summed E-state index contributed by atoms with van der Waals surface area (Å²) >= 11 is 5.45. The van der Waals surface area contributed by atoms with Gasteiger partial charge in [0.15, 0.2) is 0 Å². The molecule has 0 amide bonds. The van der Waals surface area contributed by atoms with Gasteiger partial charge >= 0.3 is 0 Å². The first kappa shape index (κ1) is 4.41. The molecule has 1 rings (SSSR count). The lowest BCUT2D eigenvalue weighted by atomic mass is 9.96. The van der Waals surface area contributed by atoms with E-state index in [1.165, 1.54) is 0 Å².